The van der Waals surface area contributed by atoms with E-state index in [9.17, 15) is 4.79 Å². The molecule has 0 aromatic carbocycles. The van der Waals surface area contributed by atoms with Crippen molar-refractivity contribution in [3.63, 3.8) is 0 Å². The van der Waals surface area contributed by atoms with Crippen LogP contribution < -0.4 is 10.2 Å². The molecule has 0 spiro atoms. The number of ether oxygens (including phenoxy) is 1. The number of nitriles is 1. The van der Waals surface area contributed by atoms with E-state index in [1.807, 2.05) is 19.9 Å². The van der Waals surface area contributed by atoms with E-state index in [0.717, 1.165) is 0 Å². The second-order valence-electron chi connectivity index (χ2n) is 5.06. The van der Waals surface area contributed by atoms with E-state index in [2.05, 4.69) is 10.3 Å². The highest BCUT2D eigenvalue weighted by Gasteiger charge is 2.32. The molecule has 0 radical (unpaired) electrons. The zero-order valence-corrected chi connectivity index (χ0v) is 12.7. The largest absolute Gasteiger partial charge is 0.377 e. The number of nitrogens with one attached hydrogen (secondary N) is 1. The molecule has 0 aliphatic carbocycles. The van der Waals surface area contributed by atoms with Crippen LogP contribution in [0.1, 0.15) is 19.4 Å². The molecule has 1 aromatic heterocycles. The third-order valence-corrected chi connectivity index (χ3v) is 3.50. The van der Waals surface area contributed by atoms with Crippen LogP contribution in [0.25, 0.3) is 0 Å². The summed E-state index contributed by atoms with van der Waals surface area (Å²) in [5.74, 6) is 0.313. The summed E-state index contributed by atoms with van der Waals surface area (Å²) in [6.45, 7) is 5.05. The Balaban J connectivity index is 2.31. The van der Waals surface area contributed by atoms with Crippen molar-refractivity contribution in [1.29, 1.82) is 5.26 Å². The monoisotopic (exact) mass is 308 g/mol. The van der Waals surface area contributed by atoms with E-state index in [0.29, 0.717) is 24.5 Å². The molecule has 0 bridgehead atoms. The number of amides is 1. The Labute approximate surface area is 128 Å². The van der Waals surface area contributed by atoms with Gasteiger partial charge in [-0.1, -0.05) is 11.6 Å². The van der Waals surface area contributed by atoms with Gasteiger partial charge in [0.05, 0.1) is 18.8 Å². The predicted octanol–water partition coefficient (Wildman–Crippen LogP) is 1.34. The Hall–Kier alpha value is -1.84. The van der Waals surface area contributed by atoms with Gasteiger partial charge in [-0.25, -0.2) is 4.98 Å². The van der Waals surface area contributed by atoms with E-state index in [1.165, 1.54) is 6.20 Å². The Morgan fingerprint density at radius 3 is 3.10 bits per heavy atom. The quantitative estimate of drug-likeness (QED) is 0.911. The van der Waals surface area contributed by atoms with Crippen molar-refractivity contribution in [1.82, 2.24) is 10.3 Å². The molecule has 21 heavy (non-hydrogen) atoms. The number of pyridine rings is 1. The normalized spacial score (nSPS) is 18.4. The smallest absolute Gasteiger partial charge is 0.245 e. The molecular weight excluding hydrogens is 292 g/mol. The van der Waals surface area contributed by atoms with Crippen molar-refractivity contribution >= 4 is 23.3 Å². The highest BCUT2D eigenvalue weighted by molar-refractivity contribution is 6.34. The number of aromatic nitrogens is 1. The number of nitrogens with zero attached hydrogens (tertiary/aromatic N) is 3. The van der Waals surface area contributed by atoms with Gasteiger partial charge in [0.1, 0.15) is 23.0 Å². The standard InChI is InChI=1S/C14H17ClN4O2/c1-9(2)18-14(20)11-8-21-6-5-19(11)13-12(15)10(7-16)3-4-17-13/h3-4,9,11H,5-6,8H2,1-2H3,(H,18,20). The van der Waals surface area contributed by atoms with E-state index in [-0.39, 0.29) is 23.6 Å². The van der Waals surface area contributed by atoms with Gasteiger partial charge in [0, 0.05) is 18.8 Å². The Bertz CT molecular complexity index is 571. The van der Waals surface area contributed by atoms with Gasteiger partial charge < -0.3 is 15.0 Å². The average molecular weight is 309 g/mol. The Morgan fingerprint density at radius 1 is 1.67 bits per heavy atom. The second kappa shape index (κ2) is 6.74. The van der Waals surface area contributed by atoms with Gasteiger partial charge in [0.15, 0.2) is 0 Å². The molecule has 1 N–H and O–H groups in total. The molecule has 1 aromatic rings. The lowest BCUT2D eigenvalue weighted by atomic mass is 10.1. The molecule has 1 aliphatic heterocycles. The van der Waals surface area contributed by atoms with Crippen molar-refractivity contribution in [2.24, 2.45) is 0 Å². The first-order chi connectivity index (χ1) is 10.0. The Kier molecular flexibility index (Phi) is 4.99. The summed E-state index contributed by atoms with van der Waals surface area (Å²) in [7, 11) is 0. The van der Waals surface area contributed by atoms with Gasteiger partial charge in [-0.2, -0.15) is 5.26 Å². The molecule has 1 fully saturated rings. The summed E-state index contributed by atoms with van der Waals surface area (Å²) in [4.78, 5) is 18.3. The SMILES string of the molecule is CC(C)NC(=O)C1COCCN1c1nccc(C#N)c1Cl. The number of morpholine rings is 1. The molecule has 2 heterocycles. The third kappa shape index (κ3) is 3.43. The first kappa shape index (κ1) is 15.5. The van der Waals surface area contributed by atoms with Crippen LogP contribution in [0.5, 0.6) is 0 Å². The summed E-state index contributed by atoms with van der Waals surface area (Å²) >= 11 is 6.22. The van der Waals surface area contributed by atoms with Crippen LogP contribution in [0.4, 0.5) is 5.82 Å². The molecule has 2 rings (SSSR count). The summed E-state index contributed by atoms with van der Waals surface area (Å²) in [5.41, 5.74) is 0.344. The maximum Gasteiger partial charge on any atom is 0.245 e. The minimum atomic E-state index is -0.500. The van der Waals surface area contributed by atoms with Gasteiger partial charge in [-0.3, -0.25) is 4.79 Å². The van der Waals surface area contributed by atoms with Crippen LogP contribution in [0.3, 0.4) is 0 Å². The second-order valence-corrected chi connectivity index (χ2v) is 5.43. The highest BCUT2D eigenvalue weighted by Crippen LogP contribution is 2.28. The number of halogens is 1. The van der Waals surface area contributed by atoms with Crippen molar-refractivity contribution < 1.29 is 9.53 Å². The summed E-state index contributed by atoms with van der Waals surface area (Å²) < 4.78 is 5.39. The third-order valence-electron chi connectivity index (χ3n) is 3.13. The van der Waals surface area contributed by atoms with E-state index in [1.54, 1.807) is 11.0 Å². The molecule has 1 aliphatic rings. The Morgan fingerprint density at radius 2 is 2.43 bits per heavy atom. The number of rotatable bonds is 3. The number of carbonyl (C=O) groups is 1. The fourth-order valence-corrected chi connectivity index (χ4v) is 2.44. The fraction of sp³-hybridized carbons (Fsp3) is 0.500. The molecule has 112 valence electrons. The van der Waals surface area contributed by atoms with Gasteiger partial charge in [0.2, 0.25) is 5.91 Å². The minimum absolute atomic E-state index is 0.0372. The lowest BCUT2D eigenvalue weighted by Crippen LogP contribution is -2.55. The van der Waals surface area contributed by atoms with Gasteiger partial charge >= 0.3 is 0 Å². The van der Waals surface area contributed by atoms with Gasteiger partial charge in [-0.15, -0.1) is 0 Å². The number of carbonyl (C=O) groups excluding carboxylic acids is 1. The fourth-order valence-electron chi connectivity index (χ4n) is 2.17. The van der Waals surface area contributed by atoms with Crippen LogP contribution >= 0.6 is 11.6 Å². The summed E-state index contributed by atoms with van der Waals surface area (Å²) in [6, 6.07) is 3.11. The van der Waals surface area contributed by atoms with Crippen molar-refractivity contribution in [2.75, 3.05) is 24.7 Å². The lowest BCUT2D eigenvalue weighted by molar-refractivity contribution is -0.125. The average Bonchev–Trinajstić information content (AvgIpc) is 2.47. The van der Waals surface area contributed by atoms with Crippen LogP contribution in [0, 0.1) is 11.3 Å². The number of hydrogen-bond donors (Lipinski definition) is 1. The first-order valence-electron chi connectivity index (χ1n) is 6.74. The van der Waals surface area contributed by atoms with Crippen LogP contribution in [-0.2, 0) is 9.53 Å². The van der Waals surface area contributed by atoms with Crippen LogP contribution in [0.15, 0.2) is 12.3 Å². The topological polar surface area (TPSA) is 78.2 Å². The van der Waals surface area contributed by atoms with Crippen molar-refractivity contribution in [3.05, 3.63) is 22.8 Å². The van der Waals surface area contributed by atoms with Gasteiger partial charge in [0.25, 0.3) is 0 Å². The molecule has 1 atom stereocenters. The summed E-state index contributed by atoms with van der Waals surface area (Å²) in [6.07, 6.45) is 1.52. The van der Waals surface area contributed by atoms with Gasteiger partial charge in [-0.05, 0) is 19.9 Å². The van der Waals surface area contributed by atoms with Crippen LogP contribution in [0.2, 0.25) is 5.02 Å². The lowest BCUT2D eigenvalue weighted by Gasteiger charge is -2.36. The minimum Gasteiger partial charge on any atom is -0.377 e. The van der Waals surface area contributed by atoms with E-state index in [4.69, 9.17) is 21.6 Å². The van der Waals surface area contributed by atoms with E-state index < -0.39 is 6.04 Å². The van der Waals surface area contributed by atoms with E-state index >= 15 is 0 Å². The molecular formula is C14H17ClN4O2. The van der Waals surface area contributed by atoms with Crippen molar-refractivity contribution in [3.8, 4) is 6.07 Å². The molecule has 1 unspecified atom stereocenters. The first-order valence-corrected chi connectivity index (χ1v) is 7.11. The predicted molar refractivity (Wildman–Crippen MR) is 79.2 cm³/mol. The maximum atomic E-state index is 12.3. The molecule has 0 saturated carbocycles. The molecule has 6 nitrogen and oxygen atoms in total. The highest BCUT2D eigenvalue weighted by atomic mass is 35.5. The molecule has 1 saturated heterocycles. The zero-order valence-electron chi connectivity index (χ0n) is 12.0. The van der Waals surface area contributed by atoms with Crippen LogP contribution in [-0.4, -0.2) is 42.7 Å². The molecule has 7 heteroatoms. The maximum absolute atomic E-state index is 12.3. The number of anilines is 1. The zero-order chi connectivity index (χ0) is 15.4. The number of hydrogen-bond acceptors (Lipinski definition) is 5. The molecule has 1 amide bonds. The van der Waals surface area contributed by atoms with Crippen molar-refractivity contribution in [2.45, 2.75) is 25.9 Å². The summed E-state index contributed by atoms with van der Waals surface area (Å²) in [5, 5.41) is 12.2.